The maximum Gasteiger partial charge on any atom is 0.416 e. The van der Waals surface area contributed by atoms with Crippen molar-refractivity contribution >= 4 is 33.1 Å². The van der Waals surface area contributed by atoms with Gasteiger partial charge in [-0.2, -0.15) is 17.7 Å². The van der Waals surface area contributed by atoms with E-state index >= 15 is 0 Å². The van der Waals surface area contributed by atoms with Crippen LogP contribution in [0.5, 0.6) is 0 Å². The Bertz CT molecular complexity index is 1110. The number of benzene rings is 2. The summed E-state index contributed by atoms with van der Waals surface area (Å²) in [4.78, 5) is 0. The van der Waals surface area contributed by atoms with Crippen LogP contribution >= 0.6 is 15.9 Å². The molecule has 0 aliphatic rings. The summed E-state index contributed by atoms with van der Waals surface area (Å²) in [5, 5.41) is 15.5. The van der Waals surface area contributed by atoms with Crippen LogP contribution in [0.3, 0.4) is 0 Å². The van der Waals surface area contributed by atoms with E-state index in [9.17, 15) is 13.2 Å². The van der Waals surface area contributed by atoms with Gasteiger partial charge in [-0.05, 0) is 42.5 Å². The van der Waals surface area contributed by atoms with Gasteiger partial charge in [0.25, 0.3) is 0 Å². The second kappa shape index (κ2) is 6.66. The first-order valence-electron chi connectivity index (χ1n) is 7.83. The Hall–Kier alpha value is -2.94. The molecule has 2 aromatic carbocycles. The van der Waals surface area contributed by atoms with Crippen molar-refractivity contribution in [2.24, 2.45) is 0 Å². The van der Waals surface area contributed by atoms with Crippen molar-refractivity contribution in [3.05, 3.63) is 70.7 Å². The molecule has 4 aromatic rings. The summed E-state index contributed by atoms with van der Waals surface area (Å²) in [6, 6.07) is 15.8. The van der Waals surface area contributed by atoms with E-state index in [2.05, 4.69) is 36.5 Å². The first-order chi connectivity index (χ1) is 12.9. The molecule has 1 N–H and O–H groups in total. The highest BCUT2D eigenvalue weighted by molar-refractivity contribution is 9.10. The van der Waals surface area contributed by atoms with Crippen LogP contribution in [0.2, 0.25) is 0 Å². The van der Waals surface area contributed by atoms with Gasteiger partial charge in [0, 0.05) is 15.7 Å². The maximum atomic E-state index is 12.9. The molecule has 0 bridgehead atoms. The first-order valence-corrected chi connectivity index (χ1v) is 8.62. The number of nitrogens with one attached hydrogen (secondary N) is 1. The lowest BCUT2D eigenvalue weighted by Gasteiger charge is -2.10. The fourth-order valence-corrected chi connectivity index (χ4v) is 2.82. The van der Waals surface area contributed by atoms with Crippen molar-refractivity contribution in [1.82, 2.24) is 19.8 Å². The third-order valence-electron chi connectivity index (χ3n) is 3.83. The zero-order valence-electron chi connectivity index (χ0n) is 13.6. The quantitative estimate of drug-likeness (QED) is 0.475. The molecule has 5 nitrogen and oxygen atoms in total. The number of fused-ring (bicyclic) bond motifs is 1. The molecule has 0 unspecified atom stereocenters. The number of anilines is 2. The van der Waals surface area contributed by atoms with Gasteiger partial charge in [0.2, 0.25) is 0 Å². The van der Waals surface area contributed by atoms with Crippen LogP contribution in [-0.2, 0) is 6.18 Å². The fraction of sp³-hybridized carbons (Fsp3) is 0.0556. The lowest BCUT2D eigenvalue weighted by atomic mass is 10.2. The molecule has 0 atom stereocenters. The van der Waals surface area contributed by atoms with E-state index in [1.54, 1.807) is 22.7 Å². The smallest absolute Gasteiger partial charge is 0.339 e. The molecule has 0 saturated heterocycles. The molecule has 2 heterocycles. The Labute approximate surface area is 160 Å². The van der Waals surface area contributed by atoms with E-state index in [1.807, 2.05) is 24.3 Å². The number of nitrogens with zero attached hydrogens (tertiary/aromatic N) is 4. The Kier molecular flexibility index (Phi) is 4.31. The average molecular weight is 434 g/mol. The van der Waals surface area contributed by atoms with Crippen LogP contribution in [0.1, 0.15) is 5.56 Å². The molecule has 0 radical (unpaired) electrons. The van der Waals surface area contributed by atoms with Gasteiger partial charge in [0.05, 0.1) is 5.56 Å². The second-order valence-electron chi connectivity index (χ2n) is 5.72. The number of rotatable bonds is 3. The van der Waals surface area contributed by atoms with E-state index in [4.69, 9.17) is 0 Å². The van der Waals surface area contributed by atoms with Crippen molar-refractivity contribution in [3.63, 3.8) is 0 Å². The molecule has 0 aliphatic carbocycles. The van der Waals surface area contributed by atoms with Gasteiger partial charge in [-0.15, -0.1) is 15.3 Å². The lowest BCUT2D eigenvalue weighted by molar-refractivity contribution is -0.137. The Balaban J connectivity index is 1.70. The summed E-state index contributed by atoms with van der Waals surface area (Å²) in [7, 11) is 0. The monoisotopic (exact) mass is 433 g/mol. The minimum absolute atomic E-state index is 0.287. The van der Waals surface area contributed by atoms with Crippen molar-refractivity contribution in [2.75, 3.05) is 5.32 Å². The van der Waals surface area contributed by atoms with E-state index in [0.29, 0.717) is 17.3 Å². The van der Waals surface area contributed by atoms with Crippen LogP contribution in [0.4, 0.5) is 24.7 Å². The van der Waals surface area contributed by atoms with Gasteiger partial charge in [0.1, 0.15) is 0 Å². The van der Waals surface area contributed by atoms with Crippen molar-refractivity contribution in [3.8, 4) is 11.4 Å². The zero-order valence-corrected chi connectivity index (χ0v) is 15.2. The third kappa shape index (κ3) is 3.63. The topological polar surface area (TPSA) is 55.1 Å². The molecule has 0 aliphatic heterocycles. The predicted molar refractivity (Wildman–Crippen MR) is 98.6 cm³/mol. The molecular formula is C18H11BrF3N5. The largest absolute Gasteiger partial charge is 0.416 e. The van der Waals surface area contributed by atoms with Crippen molar-refractivity contribution in [1.29, 1.82) is 0 Å². The molecule has 136 valence electrons. The number of alkyl halides is 3. The Morgan fingerprint density at radius 2 is 1.70 bits per heavy atom. The summed E-state index contributed by atoms with van der Waals surface area (Å²) in [5.41, 5.74) is 0.903. The second-order valence-corrected chi connectivity index (χ2v) is 6.64. The minimum atomic E-state index is -4.40. The lowest BCUT2D eigenvalue weighted by Crippen LogP contribution is -2.06. The van der Waals surface area contributed by atoms with Gasteiger partial charge in [-0.1, -0.05) is 34.1 Å². The molecule has 27 heavy (non-hydrogen) atoms. The van der Waals surface area contributed by atoms with Crippen molar-refractivity contribution in [2.45, 2.75) is 6.18 Å². The Morgan fingerprint density at radius 3 is 2.44 bits per heavy atom. The van der Waals surface area contributed by atoms with Crippen LogP contribution in [0, 0.1) is 0 Å². The molecule has 0 spiro atoms. The maximum absolute atomic E-state index is 12.9. The highest BCUT2D eigenvalue weighted by Crippen LogP contribution is 2.31. The van der Waals surface area contributed by atoms with E-state index in [0.717, 1.165) is 22.2 Å². The average Bonchev–Trinajstić information content (AvgIpc) is 3.05. The highest BCUT2D eigenvalue weighted by atomic mass is 79.9. The number of hydrogen-bond acceptors (Lipinski definition) is 4. The highest BCUT2D eigenvalue weighted by Gasteiger charge is 2.30. The van der Waals surface area contributed by atoms with Gasteiger partial charge in [0.15, 0.2) is 17.3 Å². The van der Waals surface area contributed by atoms with Gasteiger partial charge >= 0.3 is 6.18 Å². The van der Waals surface area contributed by atoms with E-state index < -0.39 is 11.7 Å². The normalized spacial score (nSPS) is 11.7. The molecule has 4 rings (SSSR count). The molecule has 9 heteroatoms. The molecule has 0 saturated carbocycles. The number of aromatic nitrogens is 4. The van der Waals surface area contributed by atoms with Crippen LogP contribution < -0.4 is 5.32 Å². The van der Waals surface area contributed by atoms with Gasteiger partial charge in [-0.3, -0.25) is 0 Å². The first kappa shape index (κ1) is 17.5. The van der Waals surface area contributed by atoms with Crippen molar-refractivity contribution < 1.29 is 13.2 Å². The summed E-state index contributed by atoms with van der Waals surface area (Å²) in [5.74, 6) is 0.908. The summed E-state index contributed by atoms with van der Waals surface area (Å²) in [6.45, 7) is 0. The molecule has 2 aromatic heterocycles. The zero-order chi connectivity index (χ0) is 19.0. The minimum Gasteiger partial charge on any atom is -0.339 e. The van der Waals surface area contributed by atoms with Gasteiger partial charge < -0.3 is 5.32 Å². The van der Waals surface area contributed by atoms with Gasteiger partial charge in [-0.25, -0.2) is 0 Å². The van der Waals surface area contributed by atoms with Crippen LogP contribution in [-0.4, -0.2) is 19.8 Å². The predicted octanol–water partition coefficient (Wildman–Crippen LogP) is 5.32. The van der Waals surface area contributed by atoms with E-state index in [1.165, 1.54) is 6.07 Å². The Morgan fingerprint density at radius 1 is 0.926 bits per heavy atom. The van der Waals surface area contributed by atoms with Crippen LogP contribution in [0.25, 0.3) is 17.0 Å². The molecular weight excluding hydrogens is 423 g/mol. The number of hydrogen-bond donors (Lipinski definition) is 1. The molecule has 0 fully saturated rings. The summed E-state index contributed by atoms with van der Waals surface area (Å²) in [6.07, 6.45) is -4.40. The summed E-state index contributed by atoms with van der Waals surface area (Å²) >= 11 is 3.38. The molecule has 0 amide bonds. The van der Waals surface area contributed by atoms with Crippen LogP contribution in [0.15, 0.2) is 65.1 Å². The standard InChI is InChI=1S/C18H11BrF3N5/c19-13-6-4-11(5-7-13)17-25-24-16-9-8-15(26-27(16)17)23-14-3-1-2-12(10-14)18(20,21)22/h1-10H,(H,23,26). The third-order valence-corrected chi connectivity index (χ3v) is 4.36. The fourth-order valence-electron chi connectivity index (χ4n) is 2.56. The van der Waals surface area contributed by atoms with E-state index in [-0.39, 0.29) is 5.69 Å². The SMILES string of the molecule is FC(F)(F)c1cccc(Nc2ccc3nnc(-c4ccc(Br)cc4)n3n2)c1. The summed E-state index contributed by atoms with van der Waals surface area (Å²) < 4.78 is 41.1. The number of halogens is 4.